The maximum Gasteiger partial charge on any atom is 0.317 e. The summed E-state index contributed by atoms with van der Waals surface area (Å²) in [6.07, 6.45) is 2.68. The van der Waals surface area contributed by atoms with Gasteiger partial charge >= 0.3 is 6.03 Å². The summed E-state index contributed by atoms with van der Waals surface area (Å²) in [7, 11) is 1.79. The highest BCUT2D eigenvalue weighted by atomic mass is 16.5. The van der Waals surface area contributed by atoms with E-state index >= 15 is 0 Å². The molecule has 1 aromatic carbocycles. The monoisotopic (exact) mass is 327 g/mol. The molecule has 0 unspecified atom stereocenters. The summed E-state index contributed by atoms with van der Waals surface area (Å²) in [6.45, 7) is 5.79. The highest BCUT2D eigenvalue weighted by Gasteiger charge is 2.10. The van der Waals surface area contributed by atoms with E-state index in [2.05, 4.69) is 30.2 Å². The third kappa shape index (κ3) is 5.26. The van der Waals surface area contributed by atoms with Crippen molar-refractivity contribution < 1.29 is 9.53 Å². The van der Waals surface area contributed by atoms with Gasteiger partial charge in [-0.25, -0.2) is 9.78 Å². The molecule has 128 valence electrons. The number of hydrogen-bond donors (Lipinski definition) is 1. The molecule has 2 rings (SSSR count). The van der Waals surface area contributed by atoms with Crippen LogP contribution in [0.15, 0.2) is 42.6 Å². The van der Waals surface area contributed by atoms with Crippen molar-refractivity contribution in [2.24, 2.45) is 0 Å². The van der Waals surface area contributed by atoms with Gasteiger partial charge in [0.1, 0.15) is 0 Å². The Kier molecular flexibility index (Phi) is 6.61. The van der Waals surface area contributed by atoms with E-state index in [4.69, 9.17) is 4.74 Å². The van der Waals surface area contributed by atoms with Gasteiger partial charge in [0.25, 0.3) is 0 Å². The van der Waals surface area contributed by atoms with Gasteiger partial charge in [-0.2, -0.15) is 0 Å². The number of nitrogens with one attached hydrogen (secondary N) is 1. The van der Waals surface area contributed by atoms with Crippen molar-refractivity contribution in [3.8, 4) is 5.88 Å². The van der Waals surface area contributed by atoms with Crippen LogP contribution in [0.25, 0.3) is 0 Å². The number of hydrogen-bond acceptors (Lipinski definition) is 3. The quantitative estimate of drug-likeness (QED) is 0.846. The van der Waals surface area contributed by atoms with E-state index < -0.39 is 0 Å². The molecule has 5 heteroatoms. The number of ether oxygens (including phenoxy) is 1. The minimum absolute atomic E-state index is 0.107. The van der Waals surface area contributed by atoms with Crippen LogP contribution in [0.2, 0.25) is 0 Å². The molecule has 0 saturated heterocycles. The van der Waals surface area contributed by atoms with Crippen LogP contribution in [0, 0.1) is 6.92 Å². The Hall–Kier alpha value is -2.56. The molecule has 0 aliphatic carbocycles. The number of amides is 2. The molecular weight excluding hydrogens is 302 g/mol. The van der Waals surface area contributed by atoms with Crippen LogP contribution < -0.4 is 10.1 Å². The summed E-state index contributed by atoms with van der Waals surface area (Å²) in [5, 5.41) is 2.91. The summed E-state index contributed by atoms with van der Waals surface area (Å²) < 4.78 is 5.44. The molecule has 0 aliphatic rings. The predicted molar refractivity (Wildman–Crippen MR) is 94.9 cm³/mol. The Morgan fingerprint density at radius 2 is 2.04 bits per heavy atom. The second-order valence-corrected chi connectivity index (χ2v) is 5.79. The van der Waals surface area contributed by atoms with Gasteiger partial charge in [0.05, 0.1) is 6.61 Å². The van der Waals surface area contributed by atoms with E-state index in [1.165, 1.54) is 5.56 Å². The second-order valence-electron chi connectivity index (χ2n) is 5.79. The maximum atomic E-state index is 12.2. The van der Waals surface area contributed by atoms with Gasteiger partial charge < -0.3 is 15.0 Å². The van der Waals surface area contributed by atoms with E-state index in [9.17, 15) is 4.79 Å². The lowest BCUT2D eigenvalue weighted by molar-refractivity contribution is 0.206. The first kappa shape index (κ1) is 17.8. The van der Waals surface area contributed by atoms with Gasteiger partial charge in [-0.05, 0) is 30.0 Å². The molecule has 2 amide bonds. The summed E-state index contributed by atoms with van der Waals surface area (Å²) in [5.41, 5.74) is 3.27. The number of nitrogens with zero attached hydrogens (tertiary/aromatic N) is 2. The summed E-state index contributed by atoms with van der Waals surface area (Å²) in [4.78, 5) is 18.1. The van der Waals surface area contributed by atoms with Gasteiger partial charge in [0.2, 0.25) is 5.88 Å². The van der Waals surface area contributed by atoms with E-state index in [0.29, 0.717) is 25.6 Å². The van der Waals surface area contributed by atoms with Crippen molar-refractivity contribution in [1.82, 2.24) is 15.2 Å². The molecule has 0 saturated carbocycles. The highest BCUT2D eigenvalue weighted by Crippen LogP contribution is 2.10. The molecule has 0 radical (unpaired) electrons. The van der Waals surface area contributed by atoms with E-state index in [1.807, 2.05) is 30.3 Å². The molecule has 0 fully saturated rings. The Morgan fingerprint density at radius 1 is 1.25 bits per heavy atom. The van der Waals surface area contributed by atoms with Gasteiger partial charge in [0, 0.05) is 32.4 Å². The lowest BCUT2D eigenvalue weighted by atomic mass is 10.1. The molecule has 0 bridgehead atoms. The summed E-state index contributed by atoms with van der Waals surface area (Å²) in [6, 6.07) is 11.7. The molecule has 0 spiro atoms. The number of carbonyl (C=O) groups is 1. The molecule has 1 N–H and O–H groups in total. The van der Waals surface area contributed by atoms with Crippen molar-refractivity contribution in [2.75, 3.05) is 13.7 Å². The Bertz CT molecular complexity index is 656. The third-order valence-electron chi connectivity index (χ3n) is 3.71. The number of benzene rings is 1. The zero-order chi connectivity index (χ0) is 17.4. The number of carbonyl (C=O) groups excluding carboxylic acids is 1. The molecule has 0 atom stereocenters. The number of rotatable bonds is 7. The SMILES string of the molecule is CCCOc1ccc(CNC(=O)N(C)Cc2ccccc2C)cn1. The van der Waals surface area contributed by atoms with Gasteiger partial charge in [-0.15, -0.1) is 0 Å². The Labute approximate surface area is 143 Å². The maximum absolute atomic E-state index is 12.2. The normalized spacial score (nSPS) is 10.3. The van der Waals surface area contributed by atoms with Crippen molar-refractivity contribution in [2.45, 2.75) is 33.4 Å². The third-order valence-corrected chi connectivity index (χ3v) is 3.71. The fourth-order valence-electron chi connectivity index (χ4n) is 2.23. The van der Waals surface area contributed by atoms with E-state index in [-0.39, 0.29) is 6.03 Å². The first-order chi connectivity index (χ1) is 11.6. The number of pyridine rings is 1. The molecule has 24 heavy (non-hydrogen) atoms. The second kappa shape index (κ2) is 8.91. The van der Waals surface area contributed by atoms with Crippen LogP contribution in [-0.4, -0.2) is 29.6 Å². The number of aromatic nitrogens is 1. The van der Waals surface area contributed by atoms with Crippen LogP contribution >= 0.6 is 0 Å². The summed E-state index contributed by atoms with van der Waals surface area (Å²) >= 11 is 0. The minimum atomic E-state index is -0.107. The van der Waals surface area contributed by atoms with Crippen LogP contribution in [0.5, 0.6) is 5.88 Å². The van der Waals surface area contributed by atoms with Gasteiger partial charge in [-0.3, -0.25) is 0 Å². The van der Waals surface area contributed by atoms with Crippen LogP contribution in [0.4, 0.5) is 4.79 Å². The van der Waals surface area contributed by atoms with Gasteiger partial charge in [-0.1, -0.05) is 37.3 Å². The lowest BCUT2D eigenvalue weighted by Gasteiger charge is -2.19. The Balaban J connectivity index is 1.82. The van der Waals surface area contributed by atoms with Crippen LogP contribution in [-0.2, 0) is 13.1 Å². The van der Waals surface area contributed by atoms with Gasteiger partial charge in [0.15, 0.2) is 0 Å². The smallest absolute Gasteiger partial charge is 0.317 e. The van der Waals surface area contributed by atoms with Crippen molar-refractivity contribution in [3.63, 3.8) is 0 Å². The van der Waals surface area contributed by atoms with Crippen molar-refractivity contribution in [1.29, 1.82) is 0 Å². The lowest BCUT2D eigenvalue weighted by Crippen LogP contribution is -2.36. The van der Waals surface area contributed by atoms with E-state index in [1.54, 1.807) is 18.1 Å². The average Bonchev–Trinajstić information content (AvgIpc) is 2.60. The van der Waals surface area contributed by atoms with E-state index in [0.717, 1.165) is 17.5 Å². The van der Waals surface area contributed by atoms with Crippen LogP contribution in [0.3, 0.4) is 0 Å². The predicted octanol–water partition coefficient (Wildman–Crippen LogP) is 3.52. The highest BCUT2D eigenvalue weighted by molar-refractivity contribution is 5.73. The van der Waals surface area contributed by atoms with Crippen molar-refractivity contribution >= 4 is 6.03 Å². The largest absolute Gasteiger partial charge is 0.478 e. The summed E-state index contributed by atoms with van der Waals surface area (Å²) in [5.74, 6) is 0.614. The molecule has 1 heterocycles. The zero-order valence-corrected chi connectivity index (χ0v) is 14.6. The number of urea groups is 1. The molecular formula is C19H25N3O2. The first-order valence-electron chi connectivity index (χ1n) is 8.21. The standard InChI is InChI=1S/C19H25N3O2/c1-4-11-24-18-10-9-16(12-20-18)13-21-19(23)22(3)14-17-8-6-5-7-15(17)2/h5-10,12H,4,11,13-14H2,1-3H3,(H,21,23). The van der Waals surface area contributed by atoms with Crippen LogP contribution in [0.1, 0.15) is 30.0 Å². The molecule has 1 aromatic heterocycles. The number of aryl methyl sites for hydroxylation is 1. The molecule has 5 nitrogen and oxygen atoms in total. The minimum Gasteiger partial charge on any atom is -0.478 e. The molecule has 2 aromatic rings. The fourth-order valence-corrected chi connectivity index (χ4v) is 2.23. The Morgan fingerprint density at radius 3 is 2.71 bits per heavy atom. The molecule has 0 aliphatic heterocycles. The zero-order valence-electron chi connectivity index (χ0n) is 14.6. The van der Waals surface area contributed by atoms with Crippen molar-refractivity contribution in [3.05, 3.63) is 59.3 Å². The topological polar surface area (TPSA) is 54.5 Å². The average molecular weight is 327 g/mol. The first-order valence-corrected chi connectivity index (χ1v) is 8.21. The fraction of sp³-hybridized carbons (Fsp3) is 0.368.